The fourth-order valence-electron chi connectivity index (χ4n) is 2.18. The van der Waals surface area contributed by atoms with Crippen molar-refractivity contribution < 1.29 is 9.53 Å². The minimum Gasteiger partial charge on any atom is -0.449 e. The summed E-state index contributed by atoms with van der Waals surface area (Å²) >= 11 is 0. The van der Waals surface area contributed by atoms with E-state index in [9.17, 15) is 4.79 Å². The quantitative estimate of drug-likeness (QED) is 0.760. The Morgan fingerprint density at radius 1 is 1.12 bits per heavy atom. The number of ether oxygens (including phenoxy) is 1. The third kappa shape index (κ3) is 4.69. The highest BCUT2D eigenvalue weighted by atomic mass is 35.5. The van der Waals surface area contributed by atoms with Gasteiger partial charge < -0.3 is 20.3 Å². The van der Waals surface area contributed by atoms with Crippen LogP contribution in [0.15, 0.2) is 0 Å². The molecule has 0 aromatic heterocycles. The first-order chi connectivity index (χ1) is 7.86. The monoisotopic (exact) mass is 263 g/mol. The van der Waals surface area contributed by atoms with Crippen LogP contribution in [0.3, 0.4) is 0 Å². The van der Waals surface area contributed by atoms with Gasteiger partial charge >= 0.3 is 6.09 Å². The molecule has 2 heterocycles. The number of carbonyl (C=O) groups excluding carboxylic acids is 1. The molecule has 0 radical (unpaired) electrons. The van der Waals surface area contributed by atoms with Crippen molar-refractivity contribution in [2.75, 3.05) is 45.9 Å². The lowest BCUT2D eigenvalue weighted by Crippen LogP contribution is -2.47. The topological polar surface area (TPSA) is 53.6 Å². The average Bonchev–Trinajstić information content (AvgIpc) is 2.38. The molecule has 17 heavy (non-hydrogen) atoms. The SMILES string of the molecule is Cl.O=C(OCC1CCNCC1)N1CCNCC1. The Hall–Kier alpha value is -0.520. The molecule has 0 aromatic carbocycles. The minimum atomic E-state index is -0.139. The van der Waals surface area contributed by atoms with Gasteiger partial charge in [0.15, 0.2) is 0 Å². The first kappa shape index (κ1) is 14.5. The predicted octanol–water partition coefficient (Wildman–Crippen LogP) is 0.450. The molecule has 2 N–H and O–H groups in total. The van der Waals surface area contributed by atoms with E-state index in [0.717, 1.165) is 52.1 Å². The summed E-state index contributed by atoms with van der Waals surface area (Å²) in [4.78, 5) is 13.5. The van der Waals surface area contributed by atoms with Crippen molar-refractivity contribution in [1.29, 1.82) is 0 Å². The molecular formula is C11H22ClN3O2. The Morgan fingerprint density at radius 2 is 1.71 bits per heavy atom. The number of rotatable bonds is 2. The predicted molar refractivity (Wildman–Crippen MR) is 68.6 cm³/mol. The molecule has 1 amide bonds. The maximum Gasteiger partial charge on any atom is 0.409 e. The minimum absolute atomic E-state index is 0. The summed E-state index contributed by atoms with van der Waals surface area (Å²) in [6, 6.07) is 0. The van der Waals surface area contributed by atoms with Crippen molar-refractivity contribution in [1.82, 2.24) is 15.5 Å². The molecule has 2 rings (SSSR count). The molecule has 0 aromatic rings. The number of hydrogen-bond acceptors (Lipinski definition) is 4. The summed E-state index contributed by atoms with van der Waals surface area (Å²) in [6.45, 7) is 5.98. The number of piperazine rings is 1. The van der Waals surface area contributed by atoms with Crippen molar-refractivity contribution in [2.24, 2.45) is 5.92 Å². The van der Waals surface area contributed by atoms with Gasteiger partial charge in [-0.05, 0) is 31.8 Å². The van der Waals surface area contributed by atoms with Crippen molar-refractivity contribution in [3.05, 3.63) is 0 Å². The van der Waals surface area contributed by atoms with Gasteiger partial charge in [0.2, 0.25) is 0 Å². The van der Waals surface area contributed by atoms with E-state index in [-0.39, 0.29) is 18.5 Å². The van der Waals surface area contributed by atoms with Crippen LogP contribution in [-0.2, 0) is 4.74 Å². The Labute approximate surface area is 109 Å². The molecule has 0 atom stereocenters. The van der Waals surface area contributed by atoms with Gasteiger partial charge in [0.25, 0.3) is 0 Å². The zero-order valence-corrected chi connectivity index (χ0v) is 10.9. The van der Waals surface area contributed by atoms with Crippen LogP contribution in [0.4, 0.5) is 4.79 Å². The number of hydrogen-bond donors (Lipinski definition) is 2. The molecule has 100 valence electrons. The third-order valence-corrected chi connectivity index (χ3v) is 3.28. The van der Waals surface area contributed by atoms with Crippen molar-refractivity contribution >= 4 is 18.5 Å². The van der Waals surface area contributed by atoms with E-state index in [4.69, 9.17) is 4.74 Å². The van der Waals surface area contributed by atoms with Crippen molar-refractivity contribution in [3.63, 3.8) is 0 Å². The fraction of sp³-hybridized carbons (Fsp3) is 0.909. The number of nitrogens with zero attached hydrogens (tertiary/aromatic N) is 1. The maximum atomic E-state index is 11.7. The molecule has 6 heteroatoms. The van der Waals surface area contributed by atoms with Gasteiger partial charge in [-0.25, -0.2) is 4.79 Å². The number of carbonyl (C=O) groups is 1. The van der Waals surface area contributed by atoms with E-state index in [1.54, 1.807) is 4.90 Å². The largest absolute Gasteiger partial charge is 0.449 e. The highest BCUT2D eigenvalue weighted by Gasteiger charge is 2.20. The third-order valence-electron chi connectivity index (χ3n) is 3.28. The van der Waals surface area contributed by atoms with Gasteiger partial charge in [-0.15, -0.1) is 12.4 Å². The number of amides is 1. The van der Waals surface area contributed by atoms with Crippen LogP contribution < -0.4 is 10.6 Å². The normalized spacial score (nSPS) is 21.8. The molecule has 2 aliphatic heterocycles. The Morgan fingerprint density at radius 3 is 2.35 bits per heavy atom. The van der Waals surface area contributed by atoms with Crippen molar-refractivity contribution in [2.45, 2.75) is 12.8 Å². The van der Waals surface area contributed by atoms with Crippen molar-refractivity contribution in [3.8, 4) is 0 Å². The molecule has 0 bridgehead atoms. The summed E-state index contributed by atoms with van der Waals surface area (Å²) in [5.41, 5.74) is 0. The molecular weight excluding hydrogens is 242 g/mol. The standard InChI is InChI=1S/C11H21N3O2.ClH/c15-11(14-7-5-13-6-8-14)16-9-10-1-3-12-4-2-10;/h10,12-13H,1-9H2;1H. The Balaban J connectivity index is 0.00000144. The Kier molecular flexibility index (Phi) is 6.62. The lowest BCUT2D eigenvalue weighted by molar-refractivity contribution is 0.0781. The number of piperidine rings is 1. The first-order valence-electron chi connectivity index (χ1n) is 6.19. The molecule has 0 aliphatic carbocycles. The highest BCUT2D eigenvalue weighted by molar-refractivity contribution is 5.85. The number of nitrogens with one attached hydrogen (secondary N) is 2. The summed E-state index contributed by atoms with van der Waals surface area (Å²) in [5, 5.41) is 6.52. The molecule has 0 saturated carbocycles. The first-order valence-corrected chi connectivity index (χ1v) is 6.19. The van der Waals surface area contributed by atoms with Crippen LogP contribution in [0, 0.1) is 5.92 Å². The van der Waals surface area contributed by atoms with E-state index < -0.39 is 0 Å². The van der Waals surface area contributed by atoms with Gasteiger partial charge in [0, 0.05) is 26.2 Å². The average molecular weight is 264 g/mol. The van der Waals surface area contributed by atoms with Crippen LogP contribution in [0.1, 0.15) is 12.8 Å². The molecule has 2 saturated heterocycles. The van der Waals surface area contributed by atoms with Crippen LogP contribution in [-0.4, -0.2) is 56.9 Å². The van der Waals surface area contributed by atoms with Gasteiger partial charge in [-0.1, -0.05) is 0 Å². The Bertz CT molecular complexity index is 229. The second kappa shape index (κ2) is 7.74. The molecule has 0 spiro atoms. The smallest absolute Gasteiger partial charge is 0.409 e. The molecule has 0 unspecified atom stereocenters. The summed E-state index contributed by atoms with van der Waals surface area (Å²) in [7, 11) is 0. The van der Waals surface area contributed by atoms with Crippen LogP contribution >= 0.6 is 12.4 Å². The highest BCUT2D eigenvalue weighted by Crippen LogP contribution is 2.12. The lowest BCUT2D eigenvalue weighted by Gasteiger charge is -2.28. The maximum absolute atomic E-state index is 11.7. The van der Waals surface area contributed by atoms with E-state index in [1.165, 1.54) is 0 Å². The zero-order chi connectivity index (χ0) is 11.2. The van der Waals surface area contributed by atoms with Gasteiger partial charge in [0.05, 0.1) is 6.61 Å². The van der Waals surface area contributed by atoms with Gasteiger partial charge in [0.1, 0.15) is 0 Å². The molecule has 2 aliphatic rings. The van der Waals surface area contributed by atoms with Gasteiger partial charge in [-0.2, -0.15) is 0 Å². The van der Waals surface area contributed by atoms with E-state index in [2.05, 4.69) is 10.6 Å². The van der Waals surface area contributed by atoms with E-state index in [0.29, 0.717) is 12.5 Å². The molecule has 5 nitrogen and oxygen atoms in total. The second-order valence-electron chi connectivity index (χ2n) is 4.51. The van der Waals surface area contributed by atoms with Crippen LogP contribution in [0.2, 0.25) is 0 Å². The van der Waals surface area contributed by atoms with Crippen LogP contribution in [0.25, 0.3) is 0 Å². The van der Waals surface area contributed by atoms with Crippen LogP contribution in [0.5, 0.6) is 0 Å². The summed E-state index contributed by atoms with van der Waals surface area (Å²) in [5.74, 6) is 0.549. The lowest BCUT2D eigenvalue weighted by atomic mass is 9.99. The summed E-state index contributed by atoms with van der Waals surface area (Å²) < 4.78 is 5.35. The molecule has 2 fully saturated rings. The van der Waals surface area contributed by atoms with Gasteiger partial charge in [-0.3, -0.25) is 0 Å². The fourth-order valence-corrected chi connectivity index (χ4v) is 2.18. The summed E-state index contributed by atoms with van der Waals surface area (Å²) in [6.07, 6.45) is 2.10. The number of halogens is 1. The second-order valence-corrected chi connectivity index (χ2v) is 4.51. The van der Waals surface area contributed by atoms with E-state index >= 15 is 0 Å². The zero-order valence-electron chi connectivity index (χ0n) is 10.1. The van der Waals surface area contributed by atoms with E-state index in [1.807, 2.05) is 0 Å².